The second-order valence-electron chi connectivity index (χ2n) is 7.51. The van der Waals surface area contributed by atoms with Crippen LogP contribution >= 0.6 is 0 Å². The molecular formula is C20H27N5O. The van der Waals surface area contributed by atoms with E-state index in [-0.39, 0.29) is 11.9 Å². The van der Waals surface area contributed by atoms with Crippen molar-refractivity contribution in [2.75, 3.05) is 6.54 Å². The van der Waals surface area contributed by atoms with Crippen molar-refractivity contribution in [1.82, 2.24) is 25.4 Å². The number of aromatic nitrogens is 3. The number of pyridine rings is 1. The van der Waals surface area contributed by atoms with Gasteiger partial charge in [-0.25, -0.2) is 0 Å². The van der Waals surface area contributed by atoms with Crippen molar-refractivity contribution >= 4 is 5.91 Å². The monoisotopic (exact) mass is 353 g/mol. The maximum absolute atomic E-state index is 12.5. The molecule has 0 aromatic carbocycles. The minimum atomic E-state index is -0.0472. The summed E-state index contributed by atoms with van der Waals surface area (Å²) in [4.78, 5) is 19.1. The van der Waals surface area contributed by atoms with Gasteiger partial charge in [0.15, 0.2) is 0 Å². The third-order valence-corrected chi connectivity index (χ3v) is 5.60. The largest absolute Gasteiger partial charge is 0.348 e. The highest BCUT2D eigenvalue weighted by Gasteiger charge is 2.27. The molecular weight excluding hydrogens is 326 g/mol. The first-order valence-corrected chi connectivity index (χ1v) is 9.79. The second-order valence-corrected chi connectivity index (χ2v) is 7.51. The van der Waals surface area contributed by atoms with Gasteiger partial charge < -0.3 is 5.32 Å². The molecule has 26 heavy (non-hydrogen) atoms. The Bertz CT molecular complexity index is 723. The number of rotatable bonds is 5. The molecule has 1 saturated heterocycles. The quantitative estimate of drug-likeness (QED) is 0.866. The number of carbonyl (C=O) groups excluding carboxylic acids is 1. The molecule has 4 rings (SSSR count). The van der Waals surface area contributed by atoms with Gasteiger partial charge in [0.25, 0.3) is 5.91 Å². The molecule has 2 aliphatic rings. The van der Waals surface area contributed by atoms with E-state index in [1.54, 1.807) is 6.20 Å². The van der Waals surface area contributed by atoms with Crippen molar-refractivity contribution in [3.05, 3.63) is 47.5 Å². The van der Waals surface area contributed by atoms with Crippen molar-refractivity contribution in [3.63, 3.8) is 0 Å². The van der Waals surface area contributed by atoms with Crippen molar-refractivity contribution < 1.29 is 4.79 Å². The van der Waals surface area contributed by atoms with Crippen LogP contribution in [0.5, 0.6) is 0 Å². The topological polar surface area (TPSA) is 73.9 Å². The van der Waals surface area contributed by atoms with Crippen LogP contribution in [0.3, 0.4) is 0 Å². The summed E-state index contributed by atoms with van der Waals surface area (Å²) in [5.41, 5.74) is 2.78. The lowest BCUT2D eigenvalue weighted by atomic mass is 9.98. The van der Waals surface area contributed by atoms with E-state index in [0.29, 0.717) is 11.7 Å². The summed E-state index contributed by atoms with van der Waals surface area (Å²) in [6.45, 7) is 1.93. The van der Waals surface area contributed by atoms with Crippen LogP contribution in [0, 0.1) is 0 Å². The molecule has 3 heterocycles. The Morgan fingerprint density at radius 3 is 2.88 bits per heavy atom. The normalized spacial score (nSPS) is 21.8. The number of amides is 1. The van der Waals surface area contributed by atoms with Crippen LogP contribution in [0.2, 0.25) is 0 Å². The van der Waals surface area contributed by atoms with Crippen LogP contribution in [-0.4, -0.2) is 38.6 Å². The van der Waals surface area contributed by atoms with Gasteiger partial charge in [-0.1, -0.05) is 25.3 Å². The van der Waals surface area contributed by atoms with Gasteiger partial charge >= 0.3 is 0 Å². The molecule has 1 saturated carbocycles. The highest BCUT2D eigenvalue weighted by atomic mass is 16.2. The number of likely N-dealkylation sites (tertiary alicyclic amines) is 1. The van der Waals surface area contributed by atoms with E-state index in [2.05, 4.69) is 31.5 Å². The van der Waals surface area contributed by atoms with Gasteiger partial charge in [-0.2, -0.15) is 5.10 Å². The van der Waals surface area contributed by atoms with E-state index < -0.39 is 0 Å². The summed E-state index contributed by atoms with van der Waals surface area (Å²) in [5.74, 6) is -0.0472. The first-order valence-electron chi connectivity index (χ1n) is 9.79. The van der Waals surface area contributed by atoms with E-state index in [9.17, 15) is 4.79 Å². The fourth-order valence-corrected chi connectivity index (χ4v) is 4.21. The van der Waals surface area contributed by atoms with Crippen LogP contribution in [0.25, 0.3) is 0 Å². The Hall–Kier alpha value is -2.21. The zero-order valence-corrected chi connectivity index (χ0v) is 15.2. The van der Waals surface area contributed by atoms with Crippen molar-refractivity contribution in [2.45, 2.75) is 63.6 Å². The molecule has 6 heteroatoms. The Morgan fingerprint density at radius 1 is 1.23 bits per heavy atom. The maximum atomic E-state index is 12.5. The Labute approximate surface area is 154 Å². The SMILES string of the molecule is O=C(NC1CCCC1)c1cc([C@H]2CCCCN2Cc2cccnc2)[nH]n1. The van der Waals surface area contributed by atoms with Gasteiger partial charge in [0.05, 0.1) is 11.7 Å². The average molecular weight is 353 g/mol. The number of hydrogen-bond acceptors (Lipinski definition) is 4. The van der Waals surface area contributed by atoms with Crippen LogP contribution in [0.1, 0.15) is 72.7 Å². The molecule has 1 atom stereocenters. The molecule has 2 fully saturated rings. The Balaban J connectivity index is 1.44. The number of nitrogens with one attached hydrogen (secondary N) is 2. The number of hydrogen-bond donors (Lipinski definition) is 2. The van der Waals surface area contributed by atoms with Crippen molar-refractivity contribution in [3.8, 4) is 0 Å². The lowest BCUT2D eigenvalue weighted by Crippen LogP contribution is -2.33. The van der Waals surface area contributed by atoms with Crippen LogP contribution in [0.4, 0.5) is 0 Å². The number of nitrogens with zero attached hydrogens (tertiary/aromatic N) is 3. The fourth-order valence-electron chi connectivity index (χ4n) is 4.21. The predicted molar refractivity (Wildman–Crippen MR) is 99.5 cm³/mol. The van der Waals surface area contributed by atoms with E-state index in [0.717, 1.165) is 38.0 Å². The molecule has 0 unspecified atom stereocenters. The second kappa shape index (κ2) is 7.99. The molecule has 2 N–H and O–H groups in total. The molecule has 2 aromatic heterocycles. The van der Waals surface area contributed by atoms with Crippen LogP contribution < -0.4 is 5.32 Å². The lowest BCUT2D eigenvalue weighted by molar-refractivity contribution is 0.0932. The first-order chi connectivity index (χ1) is 12.8. The van der Waals surface area contributed by atoms with Crippen LogP contribution in [0.15, 0.2) is 30.6 Å². The highest BCUT2D eigenvalue weighted by Crippen LogP contribution is 2.31. The molecule has 1 amide bonds. The Morgan fingerprint density at radius 2 is 2.08 bits per heavy atom. The van der Waals surface area contributed by atoms with E-state index in [4.69, 9.17) is 0 Å². The first kappa shape index (κ1) is 17.2. The molecule has 6 nitrogen and oxygen atoms in total. The third kappa shape index (κ3) is 3.96. The molecule has 138 valence electrons. The Kier molecular flexibility index (Phi) is 5.29. The highest BCUT2D eigenvalue weighted by molar-refractivity contribution is 5.92. The van der Waals surface area contributed by atoms with Gasteiger partial charge in [0.1, 0.15) is 5.69 Å². The molecule has 1 aliphatic heterocycles. The summed E-state index contributed by atoms with van der Waals surface area (Å²) in [6.07, 6.45) is 11.8. The van der Waals surface area contributed by atoms with Gasteiger partial charge in [0.2, 0.25) is 0 Å². The zero-order chi connectivity index (χ0) is 17.8. The molecule has 0 bridgehead atoms. The summed E-state index contributed by atoms with van der Waals surface area (Å²) >= 11 is 0. The van der Waals surface area contributed by atoms with Crippen LogP contribution in [-0.2, 0) is 6.54 Å². The lowest BCUT2D eigenvalue weighted by Gasteiger charge is -2.34. The van der Waals surface area contributed by atoms with Crippen molar-refractivity contribution in [2.24, 2.45) is 0 Å². The maximum Gasteiger partial charge on any atom is 0.271 e. The summed E-state index contributed by atoms with van der Waals surface area (Å²) in [7, 11) is 0. The van der Waals surface area contributed by atoms with Gasteiger partial charge in [-0.15, -0.1) is 0 Å². The molecule has 2 aromatic rings. The van der Waals surface area contributed by atoms with E-state index >= 15 is 0 Å². The standard InChI is InChI=1S/C20H27N5O/c26-20(22-16-7-1-2-8-16)18-12-17(23-24-18)19-9-3-4-11-25(19)14-15-6-5-10-21-13-15/h5-6,10,12-13,16,19H,1-4,7-9,11,14H2,(H,22,26)(H,23,24)/t19-/m1/s1. The summed E-state index contributed by atoms with van der Waals surface area (Å²) in [5, 5.41) is 10.5. The predicted octanol–water partition coefficient (Wildman–Crippen LogP) is 3.20. The summed E-state index contributed by atoms with van der Waals surface area (Å²) < 4.78 is 0. The molecule has 1 aliphatic carbocycles. The third-order valence-electron chi connectivity index (χ3n) is 5.60. The molecule has 0 radical (unpaired) electrons. The minimum absolute atomic E-state index is 0.0472. The number of piperidine rings is 1. The zero-order valence-electron chi connectivity index (χ0n) is 15.2. The molecule has 0 spiro atoms. The smallest absolute Gasteiger partial charge is 0.271 e. The van der Waals surface area contributed by atoms with Gasteiger partial charge in [-0.05, 0) is 49.9 Å². The van der Waals surface area contributed by atoms with E-state index in [1.165, 1.54) is 31.2 Å². The van der Waals surface area contributed by atoms with Gasteiger partial charge in [0, 0.05) is 25.0 Å². The summed E-state index contributed by atoms with van der Waals surface area (Å²) in [6, 6.07) is 6.64. The number of carbonyl (C=O) groups is 1. The number of H-pyrrole nitrogens is 1. The minimum Gasteiger partial charge on any atom is -0.348 e. The fraction of sp³-hybridized carbons (Fsp3) is 0.550. The number of aromatic amines is 1. The van der Waals surface area contributed by atoms with Gasteiger partial charge in [-0.3, -0.25) is 19.8 Å². The average Bonchev–Trinajstić information content (AvgIpc) is 3.35. The van der Waals surface area contributed by atoms with E-state index in [1.807, 2.05) is 18.3 Å². The van der Waals surface area contributed by atoms with Crippen molar-refractivity contribution in [1.29, 1.82) is 0 Å².